The van der Waals surface area contributed by atoms with Crippen LogP contribution in [0.5, 0.6) is 5.75 Å². The lowest BCUT2D eigenvalue weighted by Gasteiger charge is -2.24. The van der Waals surface area contributed by atoms with E-state index in [1.165, 1.54) is 6.07 Å². The molecule has 1 aromatic carbocycles. The lowest BCUT2D eigenvalue weighted by molar-refractivity contribution is -0.137. The zero-order valence-electron chi connectivity index (χ0n) is 23.2. The van der Waals surface area contributed by atoms with Crippen LogP contribution in [0.2, 0.25) is 0 Å². The van der Waals surface area contributed by atoms with Gasteiger partial charge in [-0.05, 0) is 62.9 Å². The first kappa shape index (κ1) is 30.4. The zero-order valence-corrected chi connectivity index (χ0v) is 23.2. The highest BCUT2D eigenvalue weighted by Crippen LogP contribution is 2.35. The average Bonchev–Trinajstić information content (AvgIpc) is 3.02. The number of aliphatic imine (C=N–C) groups is 1. The highest BCUT2D eigenvalue weighted by atomic mass is 19.4. The normalized spacial score (nSPS) is 14.2. The van der Waals surface area contributed by atoms with Crippen molar-refractivity contribution in [3.63, 3.8) is 0 Å². The SMILES string of the molecule is CC.CCCCC(CC(C)C)NC1=CCN=C(c2ccc(C(F)(F)F)cc2OC(C)C)c2ccncc21. The van der Waals surface area contributed by atoms with Gasteiger partial charge in [-0.3, -0.25) is 9.98 Å². The molecule has 1 atom stereocenters. The van der Waals surface area contributed by atoms with Crippen LogP contribution >= 0.6 is 0 Å². The molecule has 0 saturated carbocycles. The highest BCUT2D eigenvalue weighted by Gasteiger charge is 2.32. The molecule has 0 amide bonds. The predicted octanol–water partition coefficient (Wildman–Crippen LogP) is 8.30. The standard InChI is InChI=1S/C28H36F3N3O.C2H6/c1-6-7-8-21(15-18(2)3)34-25-12-14-33-27(22-11-13-32-17-24(22)25)23-10-9-20(28(29,30)31)16-26(23)35-19(4)5;1-2/h9-13,16-19,21,34H,6-8,14-15H2,1-5H3;1-2H3. The van der Waals surface area contributed by atoms with Gasteiger partial charge >= 0.3 is 6.18 Å². The van der Waals surface area contributed by atoms with Gasteiger partial charge in [0.25, 0.3) is 0 Å². The van der Waals surface area contributed by atoms with Gasteiger partial charge in [-0.2, -0.15) is 13.2 Å². The summed E-state index contributed by atoms with van der Waals surface area (Å²) >= 11 is 0. The average molecular weight is 518 g/mol. The first-order valence-corrected chi connectivity index (χ1v) is 13.4. The van der Waals surface area contributed by atoms with Crippen LogP contribution in [-0.2, 0) is 6.18 Å². The Kier molecular flexibility index (Phi) is 11.7. The molecule has 1 aliphatic heterocycles. The van der Waals surface area contributed by atoms with Crippen LogP contribution in [0.15, 0.2) is 47.7 Å². The van der Waals surface area contributed by atoms with Crippen molar-refractivity contribution in [2.45, 2.75) is 92.5 Å². The summed E-state index contributed by atoms with van der Waals surface area (Å²) in [5, 5.41) is 3.73. The molecule has 7 heteroatoms. The number of halogens is 3. The lowest BCUT2D eigenvalue weighted by Crippen LogP contribution is -2.30. The van der Waals surface area contributed by atoms with Gasteiger partial charge in [0.2, 0.25) is 0 Å². The molecule has 1 aliphatic rings. The van der Waals surface area contributed by atoms with Crippen LogP contribution in [0, 0.1) is 5.92 Å². The molecular formula is C30H42F3N3O. The first-order valence-electron chi connectivity index (χ1n) is 13.4. The van der Waals surface area contributed by atoms with E-state index in [1.807, 2.05) is 26.0 Å². The largest absolute Gasteiger partial charge is 0.490 e. The monoisotopic (exact) mass is 517 g/mol. The summed E-state index contributed by atoms with van der Waals surface area (Å²) in [6.07, 6.45) is 5.18. The van der Waals surface area contributed by atoms with Gasteiger partial charge in [0.05, 0.1) is 23.9 Å². The maximum atomic E-state index is 13.4. The first-order chi connectivity index (χ1) is 17.6. The number of unbranched alkanes of at least 4 members (excludes halogenated alkanes) is 1. The Hall–Kier alpha value is -2.83. The molecule has 1 aromatic heterocycles. The number of rotatable bonds is 10. The summed E-state index contributed by atoms with van der Waals surface area (Å²) in [4.78, 5) is 9.14. The number of benzene rings is 1. The summed E-state index contributed by atoms with van der Waals surface area (Å²) in [7, 11) is 0. The Bertz CT molecular complexity index is 1060. The fourth-order valence-corrected chi connectivity index (χ4v) is 4.34. The fraction of sp³-hybridized carbons (Fsp3) is 0.533. The molecule has 37 heavy (non-hydrogen) atoms. The number of hydrogen-bond donors (Lipinski definition) is 1. The summed E-state index contributed by atoms with van der Waals surface area (Å²) in [5.41, 5.74) is 3.08. The number of nitrogens with one attached hydrogen (secondary N) is 1. The Morgan fingerprint density at radius 3 is 2.38 bits per heavy atom. The summed E-state index contributed by atoms with van der Waals surface area (Å²) in [5.74, 6) is 0.729. The molecule has 204 valence electrons. The second kappa shape index (κ2) is 14.2. The summed E-state index contributed by atoms with van der Waals surface area (Å²) < 4.78 is 46.1. The van der Waals surface area contributed by atoms with E-state index >= 15 is 0 Å². The van der Waals surface area contributed by atoms with Crippen molar-refractivity contribution in [3.8, 4) is 5.75 Å². The smallest absolute Gasteiger partial charge is 0.416 e. The highest BCUT2D eigenvalue weighted by molar-refractivity contribution is 6.17. The molecule has 2 heterocycles. The zero-order chi connectivity index (χ0) is 27.6. The molecule has 2 aromatic rings. The Morgan fingerprint density at radius 1 is 1.03 bits per heavy atom. The van der Waals surface area contributed by atoms with Crippen LogP contribution in [0.3, 0.4) is 0 Å². The quantitative estimate of drug-likeness (QED) is 0.345. The number of alkyl halides is 3. The molecule has 1 N–H and O–H groups in total. The number of nitrogens with zero attached hydrogens (tertiary/aromatic N) is 2. The molecule has 0 radical (unpaired) electrons. The van der Waals surface area contributed by atoms with Crippen molar-refractivity contribution in [3.05, 3.63) is 65.0 Å². The van der Waals surface area contributed by atoms with Crippen molar-refractivity contribution in [2.24, 2.45) is 10.9 Å². The molecule has 3 rings (SSSR count). The molecular weight excluding hydrogens is 475 g/mol. The summed E-state index contributed by atoms with van der Waals surface area (Å²) in [6.45, 7) is 14.6. The molecule has 0 spiro atoms. The van der Waals surface area contributed by atoms with Crippen molar-refractivity contribution in [2.75, 3.05) is 6.54 Å². The molecule has 0 aliphatic carbocycles. The third-order valence-electron chi connectivity index (χ3n) is 5.86. The number of pyridine rings is 1. The van der Waals surface area contributed by atoms with E-state index in [-0.39, 0.29) is 11.9 Å². The second-order valence-electron chi connectivity index (χ2n) is 9.72. The number of ether oxygens (including phenoxy) is 1. The Labute approximate surface area is 220 Å². The van der Waals surface area contributed by atoms with E-state index in [0.29, 0.717) is 29.8 Å². The van der Waals surface area contributed by atoms with Gasteiger partial charge in [-0.25, -0.2) is 0 Å². The van der Waals surface area contributed by atoms with Gasteiger partial charge in [0.15, 0.2) is 0 Å². The van der Waals surface area contributed by atoms with Gasteiger partial charge < -0.3 is 10.1 Å². The van der Waals surface area contributed by atoms with E-state index in [1.54, 1.807) is 26.2 Å². The van der Waals surface area contributed by atoms with E-state index in [9.17, 15) is 13.2 Å². The van der Waals surface area contributed by atoms with Gasteiger partial charge in [-0.15, -0.1) is 0 Å². The minimum atomic E-state index is -4.46. The molecule has 0 bridgehead atoms. The maximum Gasteiger partial charge on any atom is 0.416 e. The van der Waals surface area contributed by atoms with Gasteiger partial charge in [-0.1, -0.05) is 47.5 Å². The Balaban J connectivity index is 0.00000235. The van der Waals surface area contributed by atoms with Crippen molar-refractivity contribution in [1.82, 2.24) is 10.3 Å². The van der Waals surface area contributed by atoms with Crippen LogP contribution in [0.25, 0.3) is 5.70 Å². The third kappa shape index (κ3) is 8.61. The lowest BCUT2D eigenvalue weighted by atomic mass is 9.94. The van der Waals surface area contributed by atoms with E-state index in [0.717, 1.165) is 54.6 Å². The van der Waals surface area contributed by atoms with Crippen molar-refractivity contribution in [1.29, 1.82) is 0 Å². The predicted molar refractivity (Wildman–Crippen MR) is 147 cm³/mol. The maximum absolute atomic E-state index is 13.4. The third-order valence-corrected chi connectivity index (χ3v) is 5.86. The second-order valence-corrected chi connectivity index (χ2v) is 9.72. The van der Waals surface area contributed by atoms with E-state index < -0.39 is 11.7 Å². The van der Waals surface area contributed by atoms with E-state index in [4.69, 9.17) is 9.73 Å². The molecule has 0 fully saturated rings. The van der Waals surface area contributed by atoms with Crippen LogP contribution in [-0.4, -0.2) is 29.4 Å². The van der Waals surface area contributed by atoms with Gasteiger partial charge in [0.1, 0.15) is 5.75 Å². The Morgan fingerprint density at radius 2 is 1.76 bits per heavy atom. The minimum Gasteiger partial charge on any atom is -0.490 e. The van der Waals surface area contributed by atoms with Crippen LogP contribution in [0.1, 0.15) is 96.4 Å². The van der Waals surface area contributed by atoms with Crippen LogP contribution < -0.4 is 10.1 Å². The minimum absolute atomic E-state index is 0.174. The fourth-order valence-electron chi connectivity index (χ4n) is 4.34. The number of aromatic nitrogens is 1. The number of fused-ring (bicyclic) bond motifs is 1. The van der Waals surface area contributed by atoms with Gasteiger partial charge in [0, 0.05) is 40.8 Å². The van der Waals surface area contributed by atoms with Crippen molar-refractivity contribution < 1.29 is 17.9 Å². The van der Waals surface area contributed by atoms with Crippen molar-refractivity contribution >= 4 is 11.4 Å². The topological polar surface area (TPSA) is 46.5 Å². The molecule has 1 unspecified atom stereocenters. The van der Waals surface area contributed by atoms with E-state index in [2.05, 4.69) is 31.1 Å². The molecule has 0 saturated heterocycles. The van der Waals surface area contributed by atoms with Crippen LogP contribution in [0.4, 0.5) is 13.2 Å². The number of hydrogen-bond acceptors (Lipinski definition) is 4. The summed E-state index contributed by atoms with van der Waals surface area (Å²) in [6, 6.07) is 5.81. The molecule has 4 nitrogen and oxygen atoms in total.